The minimum atomic E-state index is -1.33. The van der Waals surface area contributed by atoms with Gasteiger partial charge in [-0.2, -0.15) is 0 Å². The van der Waals surface area contributed by atoms with Crippen LogP contribution in [0.4, 0.5) is 10.5 Å². The van der Waals surface area contributed by atoms with Crippen molar-refractivity contribution in [2.75, 3.05) is 19.0 Å². The minimum Gasteiger partial charge on any atom is -0.546 e. The maximum absolute atomic E-state index is 13.0. The minimum absolute atomic E-state index is 0.327. The Morgan fingerprint density at radius 2 is 1.70 bits per heavy atom. The number of carbonyl (C=O) groups is 3. The van der Waals surface area contributed by atoms with Gasteiger partial charge in [0.15, 0.2) is 0 Å². The maximum atomic E-state index is 13.0. The Balaban J connectivity index is 1.83. The number of urea groups is 1. The second-order valence-corrected chi connectivity index (χ2v) is 6.48. The number of rotatable bonds is 7. The number of anilines is 1. The zero-order valence-electron chi connectivity index (χ0n) is 16.4. The number of ether oxygens (including phenoxy) is 2. The molecule has 0 aromatic heterocycles. The number of hydrogen-bond acceptors (Lipinski definition) is 6. The summed E-state index contributed by atoms with van der Waals surface area (Å²) < 4.78 is 10.2. The van der Waals surface area contributed by atoms with E-state index in [9.17, 15) is 19.5 Å². The fourth-order valence-corrected chi connectivity index (χ4v) is 3.02. The molecule has 9 heteroatoms. The Morgan fingerprint density at radius 1 is 1.07 bits per heavy atom. The van der Waals surface area contributed by atoms with Crippen LogP contribution in [0.3, 0.4) is 0 Å². The second kappa shape index (κ2) is 8.99. The number of carboxylic acid groups (broad SMARTS) is 1. The van der Waals surface area contributed by atoms with Gasteiger partial charge in [0, 0.05) is 11.4 Å². The van der Waals surface area contributed by atoms with Crippen LogP contribution in [0, 0.1) is 0 Å². The lowest BCUT2D eigenvalue weighted by Gasteiger charge is -2.28. The highest BCUT2D eigenvalue weighted by Crippen LogP contribution is 2.29. The largest absolute Gasteiger partial charge is 0.546 e. The molecule has 3 N–H and O–H groups in total. The van der Waals surface area contributed by atoms with Crippen molar-refractivity contribution in [3.8, 4) is 11.5 Å². The molecular formula is C21H20N3O6-. The van der Waals surface area contributed by atoms with Crippen LogP contribution in [-0.2, 0) is 9.59 Å². The van der Waals surface area contributed by atoms with Gasteiger partial charge in [0.05, 0.1) is 24.7 Å². The predicted molar refractivity (Wildman–Crippen MR) is 106 cm³/mol. The van der Waals surface area contributed by atoms with Gasteiger partial charge in [-0.15, -0.1) is 0 Å². The first-order valence-corrected chi connectivity index (χ1v) is 9.03. The smallest absolute Gasteiger partial charge is 0.319 e. The standard InChI is InChI=1S/C21H21N3O6/c1-12-18(20(27)23-14-5-9-15(29-2)10-6-14)19(24-21(28)22-12)13-3-7-16(8-4-13)30-11-17(25)26/h3-10,19H,11H2,1-2H3,(H,23,27)(H,25,26)(H2,22,24,28)/p-1/t19-/m0/s1. The van der Waals surface area contributed by atoms with E-state index < -0.39 is 24.6 Å². The average molecular weight is 410 g/mol. The monoisotopic (exact) mass is 410 g/mol. The number of allylic oxidation sites excluding steroid dienone is 1. The molecule has 1 heterocycles. The topological polar surface area (TPSA) is 129 Å². The molecular weight excluding hydrogens is 390 g/mol. The third-order valence-corrected chi connectivity index (χ3v) is 4.43. The third kappa shape index (κ3) is 4.88. The lowest BCUT2D eigenvalue weighted by molar-refractivity contribution is -0.307. The molecule has 2 aromatic carbocycles. The van der Waals surface area contributed by atoms with Gasteiger partial charge < -0.3 is 35.3 Å². The Bertz CT molecular complexity index is 983. The van der Waals surface area contributed by atoms with Crippen molar-refractivity contribution in [2.24, 2.45) is 0 Å². The van der Waals surface area contributed by atoms with Crippen LogP contribution < -0.4 is 30.5 Å². The zero-order valence-corrected chi connectivity index (χ0v) is 16.4. The highest BCUT2D eigenvalue weighted by Gasteiger charge is 2.31. The molecule has 0 saturated heterocycles. The Labute approximate surface area is 172 Å². The van der Waals surface area contributed by atoms with Gasteiger partial charge in [-0.25, -0.2) is 4.79 Å². The van der Waals surface area contributed by atoms with E-state index in [1.165, 1.54) is 0 Å². The van der Waals surface area contributed by atoms with Crippen LogP contribution in [0.5, 0.6) is 11.5 Å². The van der Waals surface area contributed by atoms with Crippen LogP contribution >= 0.6 is 0 Å². The van der Waals surface area contributed by atoms with Gasteiger partial charge in [0.25, 0.3) is 5.91 Å². The summed E-state index contributed by atoms with van der Waals surface area (Å²) >= 11 is 0. The maximum Gasteiger partial charge on any atom is 0.319 e. The number of carbonyl (C=O) groups excluding carboxylic acids is 3. The quantitative estimate of drug-likeness (QED) is 0.627. The molecule has 0 radical (unpaired) electrons. The summed E-state index contributed by atoms with van der Waals surface area (Å²) in [6.45, 7) is 1.07. The molecule has 0 saturated carbocycles. The molecule has 1 aliphatic rings. The van der Waals surface area contributed by atoms with Crippen LogP contribution in [-0.4, -0.2) is 31.6 Å². The fraction of sp³-hybridized carbons (Fsp3) is 0.190. The summed E-state index contributed by atoms with van der Waals surface area (Å²) in [6, 6.07) is 12.1. The average Bonchev–Trinajstić information content (AvgIpc) is 2.72. The van der Waals surface area contributed by atoms with Crippen LogP contribution in [0.15, 0.2) is 59.8 Å². The summed E-state index contributed by atoms with van der Waals surface area (Å²) in [4.78, 5) is 35.5. The van der Waals surface area contributed by atoms with E-state index in [0.717, 1.165) is 0 Å². The van der Waals surface area contributed by atoms with E-state index in [4.69, 9.17) is 9.47 Å². The van der Waals surface area contributed by atoms with E-state index in [-0.39, 0.29) is 5.91 Å². The van der Waals surface area contributed by atoms with Gasteiger partial charge in [0.2, 0.25) is 0 Å². The molecule has 0 bridgehead atoms. The second-order valence-electron chi connectivity index (χ2n) is 6.48. The fourth-order valence-electron chi connectivity index (χ4n) is 3.02. The summed E-state index contributed by atoms with van der Waals surface area (Å²) in [6.07, 6.45) is 0. The van der Waals surface area contributed by atoms with Gasteiger partial charge >= 0.3 is 6.03 Å². The first-order chi connectivity index (χ1) is 14.4. The molecule has 9 nitrogen and oxygen atoms in total. The third-order valence-electron chi connectivity index (χ3n) is 4.43. The van der Waals surface area contributed by atoms with Gasteiger partial charge in [0.1, 0.15) is 18.1 Å². The van der Waals surface area contributed by atoms with Gasteiger partial charge in [-0.1, -0.05) is 12.1 Å². The Morgan fingerprint density at radius 3 is 2.30 bits per heavy atom. The van der Waals surface area contributed by atoms with Crippen LogP contribution in [0.1, 0.15) is 18.5 Å². The molecule has 3 amide bonds. The van der Waals surface area contributed by atoms with Gasteiger partial charge in [-0.3, -0.25) is 4.79 Å². The number of methoxy groups -OCH3 is 1. The Hall–Kier alpha value is -4.01. The number of aliphatic carboxylic acids is 1. The first-order valence-electron chi connectivity index (χ1n) is 9.03. The Kier molecular flexibility index (Phi) is 6.21. The summed E-state index contributed by atoms with van der Waals surface area (Å²) in [7, 11) is 1.55. The van der Waals surface area contributed by atoms with Gasteiger partial charge in [-0.05, 0) is 48.9 Å². The number of nitrogens with one attached hydrogen (secondary N) is 3. The van der Waals surface area contributed by atoms with E-state index in [0.29, 0.717) is 34.0 Å². The zero-order chi connectivity index (χ0) is 21.7. The van der Waals surface area contributed by atoms with Crippen molar-refractivity contribution in [3.05, 3.63) is 65.4 Å². The normalized spacial score (nSPS) is 15.7. The molecule has 0 spiro atoms. The molecule has 1 aliphatic heterocycles. The van der Waals surface area contributed by atoms with E-state index in [2.05, 4.69) is 16.0 Å². The van der Waals surface area contributed by atoms with Crippen molar-refractivity contribution >= 4 is 23.6 Å². The summed E-state index contributed by atoms with van der Waals surface area (Å²) in [5.41, 5.74) is 1.97. The van der Waals surface area contributed by atoms with E-state index in [1.54, 1.807) is 62.6 Å². The molecule has 156 valence electrons. The van der Waals surface area contributed by atoms with Crippen molar-refractivity contribution in [1.29, 1.82) is 0 Å². The lowest BCUT2D eigenvalue weighted by Crippen LogP contribution is -2.45. The first kappa shape index (κ1) is 20.7. The molecule has 0 unspecified atom stereocenters. The molecule has 0 aliphatic carbocycles. The number of amides is 3. The lowest BCUT2D eigenvalue weighted by atomic mass is 9.94. The highest BCUT2D eigenvalue weighted by atomic mass is 16.5. The number of benzene rings is 2. The van der Waals surface area contributed by atoms with E-state index in [1.807, 2.05) is 0 Å². The van der Waals surface area contributed by atoms with Crippen molar-refractivity contribution in [1.82, 2.24) is 10.6 Å². The van der Waals surface area contributed by atoms with Crippen molar-refractivity contribution < 1.29 is 29.0 Å². The number of carboxylic acids is 1. The molecule has 30 heavy (non-hydrogen) atoms. The molecule has 2 aromatic rings. The highest BCUT2D eigenvalue weighted by molar-refractivity contribution is 6.06. The van der Waals surface area contributed by atoms with Crippen molar-refractivity contribution in [3.63, 3.8) is 0 Å². The van der Waals surface area contributed by atoms with E-state index >= 15 is 0 Å². The number of hydrogen-bond donors (Lipinski definition) is 3. The molecule has 1 atom stereocenters. The predicted octanol–water partition coefficient (Wildman–Crippen LogP) is 1.09. The van der Waals surface area contributed by atoms with Crippen molar-refractivity contribution in [2.45, 2.75) is 13.0 Å². The summed E-state index contributed by atoms with van der Waals surface area (Å²) in [5.74, 6) is -0.727. The summed E-state index contributed by atoms with van der Waals surface area (Å²) in [5, 5.41) is 18.7. The van der Waals surface area contributed by atoms with Crippen LogP contribution in [0.2, 0.25) is 0 Å². The molecule has 3 rings (SSSR count). The van der Waals surface area contributed by atoms with Crippen LogP contribution in [0.25, 0.3) is 0 Å². The molecule has 0 fully saturated rings. The SMILES string of the molecule is COc1ccc(NC(=O)C2=C(C)NC(=O)N[C@H]2c2ccc(OCC(=O)[O-])cc2)cc1.